The van der Waals surface area contributed by atoms with Crippen molar-refractivity contribution in [2.75, 3.05) is 0 Å². The number of hydrogen-bond donors (Lipinski definition) is 1. The van der Waals surface area contributed by atoms with E-state index in [9.17, 15) is 0 Å². The molecular weight excluding hydrogens is 296 g/mol. The first-order valence-corrected chi connectivity index (χ1v) is 6.51. The summed E-state index contributed by atoms with van der Waals surface area (Å²) >= 11 is 0. The van der Waals surface area contributed by atoms with E-state index >= 15 is 0 Å². The molecule has 0 aliphatic heterocycles. The molecule has 0 aromatic carbocycles. The Labute approximate surface area is 112 Å². The molecule has 0 saturated carbocycles. The Morgan fingerprint density at radius 1 is 0.533 bits per heavy atom. The zero-order valence-corrected chi connectivity index (χ0v) is 14.4. The van der Waals surface area contributed by atoms with Crippen LogP contribution in [0.25, 0.3) is 0 Å². The molecule has 15 heavy (non-hydrogen) atoms. The van der Waals surface area contributed by atoms with Gasteiger partial charge in [0.25, 0.3) is 0 Å². The van der Waals surface area contributed by atoms with Crippen LogP contribution < -0.4 is 6.15 Å². The molecule has 98 valence electrons. The average molecular weight is 326 g/mol. The number of rotatable bonds is 0. The normalized spacial score (nSPS) is 13.2. The minimum absolute atomic E-state index is 0. The zero-order chi connectivity index (χ0) is 11.1. The van der Waals surface area contributed by atoms with Crippen molar-refractivity contribution in [3.63, 3.8) is 0 Å². The van der Waals surface area contributed by atoms with Crippen molar-refractivity contribution in [1.82, 2.24) is 6.15 Å². The fourth-order valence-corrected chi connectivity index (χ4v) is 9.06. The molecule has 0 aliphatic rings. The smallest absolute Gasteiger partial charge is 0 e. The zero-order valence-electron chi connectivity index (χ0n) is 12.0. The fraction of sp³-hybridized carbons (Fsp3) is 1.00. The second-order valence-electron chi connectivity index (χ2n) is 6.85. The molecule has 1 nitrogen and oxygen atoms in total. The molecule has 0 unspecified atom stereocenters. The van der Waals surface area contributed by atoms with Crippen LogP contribution in [0.1, 0.15) is 62.3 Å². The van der Waals surface area contributed by atoms with E-state index in [-0.39, 0.29) is 34.5 Å². The van der Waals surface area contributed by atoms with Crippen molar-refractivity contribution in [3.8, 4) is 0 Å². The first-order valence-electron chi connectivity index (χ1n) is 5.17. The molecule has 0 amide bonds. The van der Waals surface area contributed by atoms with Gasteiger partial charge in [0.05, 0.1) is 0 Å². The quantitative estimate of drug-likeness (QED) is 0.492. The van der Waals surface area contributed by atoms with E-state index < -0.39 is 0 Å². The van der Waals surface area contributed by atoms with Crippen LogP contribution in [-0.2, 0) is 20.4 Å². The van der Waals surface area contributed by atoms with Crippen LogP contribution in [0, 0.1) is 0 Å². The van der Waals surface area contributed by atoms with E-state index in [0.717, 1.165) is 0 Å². The molecule has 0 fully saturated rings. The minimum Gasteiger partial charge on any atom is -0.344 e. The Hall–Kier alpha value is 1.05. The van der Waals surface area contributed by atoms with Gasteiger partial charge in [0, 0.05) is 20.4 Å². The monoisotopic (exact) mass is 325 g/mol. The fourth-order valence-electron chi connectivity index (χ4n) is 3.02. The van der Waals surface area contributed by atoms with E-state index in [1.54, 1.807) is 0 Å². The third-order valence-electron chi connectivity index (χ3n) is 2.01. The second-order valence-corrected chi connectivity index (χ2v) is 11.5. The summed E-state index contributed by atoms with van der Waals surface area (Å²) in [6.07, 6.45) is 0. The van der Waals surface area contributed by atoms with Crippen LogP contribution in [0.15, 0.2) is 0 Å². The standard InChI is InChI=1S/C12H27P.H3N.Pd/c1-10(2,3)13(11(4,5)6)12(7,8)9;;/h1-9H3;1H3;. The van der Waals surface area contributed by atoms with Gasteiger partial charge in [-0.3, -0.25) is 0 Å². The molecule has 3 N–H and O–H groups in total. The Morgan fingerprint density at radius 3 is 0.667 bits per heavy atom. The maximum Gasteiger partial charge on any atom is 0 e. The maximum absolute atomic E-state index is 2.38. The summed E-state index contributed by atoms with van der Waals surface area (Å²) < 4.78 is 0. The summed E-state index contributed by atoms with van der Waals surface area (Å²) in [5.41, 5.74) is 0. The molecular formula is C12H30NPPd. The van der Waals surface area contributed by atoms with E-state index in [1.165, 1.54) is 0 Å². The van der Waals surface area contributed by atoms with Crippen molar-refractivity contribution in [3.05, 3.63) is 0 Å². The van der Waals surface area contributed by atoms with Gasteiger partial charge in [0.2, 0.25) is 0 Å². The SMILES string of the molecule is CC(C)(C)P(C(C)(C)C)C(C)(C)C.N.[Pd]. The van der Waals surface area contributed by atoms with Crippen LogP contribution >= 0.6 is 7.92 Å². The van der Waals surface area contributed by atoms with Gasteiger partial charge in [0.15, 0.2) is 0 Å². The molecule has 0 atom stereocenters. The molecule has 0 heterocycles. The molecule has 0 radical (unpaired) electrons. The summed E-state index contributed by atoms with van der Waals surface area (Å²) in [7, 11) is 0.0162. The summed E-state index contributed by atoms with van der Waals surface area (Å²) in [6.45, 7) is 21.5. The topological polar surface area (TPSA) is 35.0 Å². The predicted octanol–water partition coefficient (Wildman–Crippen LogP) is 5.02. The second kappa shape index (κ2) is 6.11. The van der Waals surface area contributed by atoms with Gasteiger partial charge in [-0.2, -0.15) is 0 Å². The van der Waals surface area contributed by atoms with Crippen molar-refractivity contribution in [2.45, 2.75) is 77.8 Å². The molecule has 0 spiro atoms. The Bertz CT molecular complexity index is 138. The van der Waals surface area contributed by atoms with Crippen LogP contribution in [-0.4, -0.2) is 15.5 Å². The van der Waals surface area contributed by atoms with Gasteiger partial charge < -0.3 is 6.15 Å². The third-order valence-corrected chi connectivity index (χ3v) is 6.04. The predicted molar refractivity (Wildman–Crippen MR) is 71.2 cm³/mol. The van der Waals surface area contributed by atoms with Crippen molar-refractivity contribution >= 4 is 7.92 Å². The molecule has 0 aromatic rings. The molecule has 0 aromatic heterocycles. The average Bonchev–Trinajstić information content (AvgIpc) is 1.44. The van der Waals surface area contributed by atoms with Gasteiger partial charge in [-0.05, 0) is 15.5 Å². The van der Waals surface area contributed by atoms with E-state index in [2.05, 4.69) is 62.3 Å². The maximum atomic E-state index is 2.38. The van der Waals surface area contributed by atoms with E-state index in [4.69, 9.17) is 0 Å². The Kier molecular flexibility index (Phi) is 8.70. The Morgan fingerprint density at radius 2 is 0.667 bits per heavy atom. The Balaban J connectivity index is -0.000000720. The number of hydrogen-bond acceptors (Lipinski definition) is 1. The molecule has 0 aliphatic carbocycles. The van der Waals surface area contributed by atoms with Crippen LogP contribution in [0.4, 0.5) is 0 Å². The minimum atomic E-state index is 0. The largest absolute Gasteiger partial charge is 0.344 e. The van der Waals surface area contributed by atoms with Gasteiger partial charge in [-0.25, -0.2) is 0 Å². The van der Waals surface area contributed by atoms with Gasteiger partial charge in [-0.1, -0.05) is 70.2 Å². The van der Waals surface area contributed by atoms with Crippen LogP contribution in [0.2, 0.25) is 0 Å². The van der Waals surface area contributed by atoms with Crippen molar-refractivity contribution in [2.24, 2.45) is 0 Å². The summed E-state index contributed by atoms with van der Waals surface area (Å²) in [4.78, 5) is 0. The summed E-state index contributed by atoms with van der Waals surface area (Å²) in [5, 5.41) is 1.35. The summed E-state index contributed by atoms with van der Waals surface area (Å²) in [5.74, 6) is 0. The first-order chi connectivity index (χ1) is 5.37. The molecule has 0 rings (SSSR count). The van der Waals surface area contributed by atoms with E-state index in [1.807, 2.05) is 0 Å². The van der Waals surface area contributed by atoms with Crippen LogP contribution in [0.5, 0.6) is 0 Å². The van der Waals surface area contributed by atoms with Crippen molar-refractivity contribution in [1.29, 1.82) is 0 Å². The van der Waals surface area contributed by atoms with E-state index in [0.29, 0.717) is 15.5 Å². The van der Waals surface area contributed by atoms with Crippen molar-refractivity contribution < 1.29 is 20.4 Å². The summed E-state index contributed by atoms with van der Waals surface area (Å²) in [6, 6.07) is 0. The van der Waals surface area contributed by atoms with Crippen LogP contribution in [0.3, 0.4) is 0 Å². The molecule has 0 bridgehead atoms. The first kappa shape index (κ1) is 21.3. The van der Waals surface area contributed by atoms with Gasteiger partial charge >= 0.3 is 0 Å². The van der Waals surface area contributed by atoms with Gasteiger partial charge in [0.1, 0.15) is 0 Å². The van der Waals surface area contributed by atoms with Gasteiger partial charge in [-0.15, -0.1) is 0 Å². The molecule has 3 heteroatoms. The third kappa shape index (κ3) is 7.06. The molecule has 0 saturated heterocycles.